The van der Waals surface area contributed by atoms with E-state index in [9.17, 15) is 23.3 Å². The van der Waals surface area contributed by atoms with Crippen molar-refractivity contribution < 1.29 is 18.1 Å². The quantitative estimate of drug-likeness (QED) is 0.631. The second kappa shape index (κ2) is 5.23. The molecule has 18 heavy (non-hydrogen) atoms. The van der Waals surface area contributed by atoms with Gasteiger partial charge in [0.05, 0.1) is 15.9 Å². The zero-order valence-corrected chi connectivity index (χ0v) is 10.6. The summed E-state index contributed by atoms with van der Waals surface area (Å²) in [6.07, 6.45) is 0. The normalized spacial score (nSPS) is 13.0. The molecule has 0 bridgehead atoms. The molecule has 0 aliphatic heterocycles. The van der Waals surface area contributed by atoms with Gasteiger partial charge in [-0.05, 0) is 19.9 Å². The smallest absolute Gasteiger partial charge is 0.270 e. The zero-order chi connectivity index (χ0) is 13.9. The Bertz CT molecular complexity index is 582. The first-order valence-electron chi connectivity index (χ1n) is 5.01. The van der Waals surface area contributed by atoms with Crippen molar-refractivity contribution in [3.63, 3.8) is 0 Å². The van der Waals surface area contributed by atoms with Crippen molar-refractivity contribution in [3.8, 4) is 0 Å². The molecule has 98 valence electrons. The Morgan fingerprint density at radius 1 is 1.44 bits per heavy atom. The lowest BCUT2D eigenvalue weighted by atomic mass is 10.3. The van der Waals surface area contributed by atoms with Crippen LogP contribution in [0, 0.1) is 10.1 Å². The molecule has 8 heteroatoms. The Morgan fingerprint density at radius 2 is 2.06 bits per heavy atom. The SMILES string of the molecule is CC(=O)C(C)NS(=O)(=O)c1cccc([N+](=O)[O-])c1. The number of ketones is 1. The first-order chi connectivity index (χ1) is 8.24. The van der Waals surface area contributed by atoms with Gasteiger partial charge in [-0.1, -0.05) is 6.07 Å². The molecule has 1 atom stereocenters. The van der Waals surface area contributed by atoms with Crippen molar-refractivity contribution >= 4 is 21.5 Å². The van der Waals surface area contributed by atoms with Gasteiger partial charge in [-0.25, -0.2) is 13.1 Å². The maximum absolute atomic E-state index is 11.8. The minimum Gasteiger partial charge on any atom is -0.298 e. The van der Waals surface area contributed by atoms with Crippen molar-refractivity contribution in [2.45, 2.75) is 24.8 Å². The Morgan fingerprint density at radius 3 is 2.56 bits per heavy atom. The number of nitro benzene ring substituents is 1. The van der Waals surface area contributed by atoms with E-state index in [0.29, 0.717) is 0 Å². The van der Waals surface area contributed by atoms with Gasteiger partial charge in [-0.2, -0.15) is 0 Å². The molecule has 0 spiro atoms. The molecule has 0 saturated carbocycles. The molecule has 0 saturated heterocycles. The van der Waals surface area contributed by atoms with Crippen molar-refractivity contribution in [1.82, 2.24) is 4.72 Å². The topological polar surface area (TPSA) is 106 Å². The molecular weight excluding hydrogens is 260 g/mol. The van der Waals surface area contributed by atoms with Crippen LogP contribution in [0.1, 0.15) is 13.8 Å². The van der Waals surface area contributed by atoms with Gasteiger partial charge in [0.2, 0.25) is 10.0 Å². The standard InChI is InChI=1S/C10H12N2O5S/c1-7(8(2)13)11-18(16,17)10-5-3-4-9(6-10)12(14)15/h3-7,11H,1-2H3. The number of rotatable bonds is 5. The van der Waals surface area contributed by atoms with E-state index in [1.165, 1.54) is 32.0 Å². The first-order valence-corrected chi connectivity index (χ1v) is 6.49. The van der Waals surface area contributed by atoms with Crippen LogP contribution in [0.3, 0.4) is 0 Å². The number of nitrogens with one attached hydrogen (secondary N) is 1. The third-order valence-corrected chi connectivity index (χ3v) is 3.82. The van der Waals surface area contributed by atoms with E-state index in [1.807, 2.05) is 0 Å². The Balaban J connectivity index is 3.09. The number of nitro groups is 1. The maximum Gasteiger partial charge on any atom is 0.270 e. The van der Waals surface area contributed by atoms with Crippen LogP contribution in [0.5, 0.6) is 0 Å². The number of carbonyl (C=O) groups is 1. The second-order valence-electron chi connectivity index (χ2n) is 3.71. The lowest BCUT2D eigenvalue weighted by Gasteiger charge is -2.10. The lowest BCUT2D eigenvalue weighted by molar-refractivity contribution is -0.385. The van der Waals surface area contributed by atoms with Crippen molar-refractivity contribution in [2.24, 2.45) is 0 Å². The summed E-state index contributed by atoms with van der Waals surface area (Å²) in [6.45, 7) is 2.65. The van der Waals surface area contributed by atoms with Crippen LogP contribution in [-0.2, 0) is 14.8 Å². The summed E-state index contributed by atoms with van der Waals surface area (Å²) in [5, 5.41) is 10.5. The number of non-ortho nitro benzene ring substituents is 1. The molecule has 1 aromatic carbocycles. The van der Waals surface area contributed by atoms with E-state index in [1.54, 1.807) is 0 Å². The lowest BCUT2D eigenvalue weighted by Crippen LogP contribution is -2.37. The van der Waals surface area contributed by atoms with Crippen LogP contribution >= 0.6 is 0 Å². The minimum absolute atomic E-state index is 0.246. The van der Waals surface area contributed by atoms with Crippen LogP contribution in [-0.4, -0.2) is 25.2 Å². The summed E-state index contributed by atoms with van der Waals surface area (Å²) in [4.78, 5) is 20.6. The number of Topliss-reactive ketones (excluding diaryl/α,β-unsaturated/α-hetero) is 1. The highest BCUT2D eigenvalue weighted by atomic mass is 32.2. The Labute approximate surface area is 104 Å². The summed E-state index contributed by atoms with van der Waals surface area (Å²) >= 11 is 0. The van der Waals surface area contributed by atoms with Gasteiger partial charge in [-0.15, -0.1) is 0 Å². The predicted octanol–water partition coefficient (Wildman–Crippen LogP) is 0.851. The number of hydrogen-bond donors (Lipinski definition) is 1. The van der Waals surface area contributed by atoms with Gasteiger partial charge >= 0.3 is 0 Å². The molecule has 1 N–H and O–H groups in total. The zero-order valence-electron chi connectivity index (χ0n) is 9.78. The van der Waals surface area contributed by atoms with Gasteiger partial charge < -0.3 is 0 Å². The van der Waals surface area contributed by atoms with Gasteiger partial charge in [-0.3, -0.25) is 14.9 Å². The Hall–Kier alpha value is -1.80. The monoisotopic (exact) mass is 272 g/mol. The molecular formula is C10H12N2O5S. The second-order valence-corrected chi connectivity index (χ2v) is 5.42. The third kappa shape index (κ3) is 3.34. The highest BCUT2D eigenvalue weighted by Crippen LogP contribution is 2.17. The number of benzene rings is 1. The number of nitrogens with zero attached hydrogens (tertiary/aromatic N) is 1. The fraction of sp³-hybridized carbons (Fsp3) is 0.300. The molecule has 1 aromatic rings. The summed E-state index contributed by atoms with van der Waals surface area (Å²) < 4.78 is 25.8. The average Bonchev–Trinajstić information content (AvgIpc) is 2.28. The van der Waals surface area contributed by atoms with Crippen molar-refractivity contribution in [2.75, 3.05) is 0 Å². The highest BCUT2D eigenvalue weighted by Gasteiger charge is 2.21. The molecule has 0 aliphatic carbocycles. The third-order valence-electron chi connectivity index (χ3n) is 2.28. The molecule has 0 amide bonds. The van der Waals surface area contributed by atoms with Crippen molar-refractivity contribution in [3.05, 3.63) is 34.4 Å². The number of hydrogen-bond acceptors (Lipinski definition) is 5. The largest absolute Gasteiger partial charge is 0.298 e. The van der Waals surface area contributed by atoms with Crippen LogP contribution in [0.15, 0.2) is 29.2 Å². The summed E-state index contributed by atoms with van der Waals surface area (Å²) in [5.41, 5.74) is -0.326. The molecule has 1 rings (SSSR count). The van der Waals surface area contributed by atoms with Crippen LogP contribution < -0.4 is 4.72 Å². The van der Waals surface area contributed by atoms with Crippen LogP contribution in [0.4, 0.5) is 5.69 Å². The van der Waals surface area contributed by atoms with Gasteiger partial charge in [0, 0.05) is 12.1 Å². The van der Waals surface area contributed by atoms with Gasteiger partial charge in [0.25, 0.3) is 5.69 Å². The summed E-state index contributed by atoms with van der Waals surface area (Å²) in [5.74, 6) is -0.344. The van der Waals surface area contributed by atoms with E-state index in [4.69, 9.17) is 0 Å². The molecule has 7 nitrogen and oxygen atoms in total. The van der Waals surface area contributed by atoms with Crippen LogP contribution in [0.25, 0.3) is 0 Å². The molecule has 0 aromatic heterocycles. The number of carbonyl (C=O) groups excluding carboxylic acids is 1. The maximum atomic E-state index is 11.8. The van der Waals surface area contributed by atoms with Crippen molar-refractivity contribution in [1.29, 1.82) is 0 Å². The van der Waals surface area contributed by atoms with Crippen LogP contribution in [0.2, 0.25) is 0 Å². The molecule has 0 heterocycles. The van der Waals surface area contributed by atoms with Gasteiger partial charge in [0.15, 0.2) is 0 Å². The van der Waals surface area contributed by atoms with E-state index in [0.717, 1.165) is 6.07 Å². The summed E-state index contributed by atoms with van der Waals surface area (Å²) in [7, 11) is -3.94. The minimum atomic E-state index is -3.94. The van der Waals surface area contributed by atoms with E-state index >= 15 is 0 Å². The fourth-order valence-electron chi connectivity index (χ4n) is 1.15. The van der Waals surface area contributed by atoms with E-state index in [2.05, 4.69) is 4.72 Å². The number of sulfonamides is 1. The molecule has 0 aliphatic rings. The molecule has 0 fully saturated rings. The summed E-state index contributed by atoms with van der Waals surface area (Å²) in [6, 6.07) is 3.74. The highest BCUT2D eigenvalue weighted by molar-refractivity contribution is 7.89. The van der Waals surface area contributed by atoms with Gasteiger partial charge in [0.1, 0.15) is 5.78 Å². The first kappa shape index (κ1) is 14.3. The molecule has 0 radical (unpaired) electrons. The van der Waals surface area contributed by atoms with E-state index in [-0.39, 0.29) is 16.4 Å². The molecule has 1 unspecified atom stereocenters. The van der Waals surface area contributed by atoms with E-state index < -0.39 is 21.0 Å². The fourth-order valence-corrected chi connectivity index (χ4v) is 2.45. The predicted molar refractivity (Wildman–Crippen MR) is 63.6 cm³/mol. The Kier molecular flexibility index (Phi) is 4.15. The average molecular weight is 272 g/mol.